The molecule has 1 N–H and O–H groups in total. The summed E-state index contributed by atoms with van der Waals surface area (Å²) in [6, 6.07) is -0.0513. The van der Waals surface area contributed by atoms with E-state index in [0.29, 0.717) is 13.0 Å². The highest BCUT2D eigenvalue weighted by Gasteiger charge is 2.13. The maximum absolute atomic E-state index is 12.4. The molecule has 0 saturated heterocycles. The first kappa shape index (κ1) is 34.7. The van der Waals surface area contributed by atoms with Crippen molar-refractivity contribution < 1.29 is 14.3 Å². The number of allylic oxidation sites excluding steroid dienone is 2. The van der Waals surface area contributed by atoms with Gasteiger partial charge in [-0.25, -0.2) is 0 Å². The summed E-state index contributed by atoms with van der Waals surface area (Å²) >= 11 is 0. The molecule has 0 aliphatic heterocycles. The first-order valence-electron chi connectivity index (χ1n) is 15.7. The minimum absolute atomic E-state index is 0.0513. The van der Waals surface area contributed by atoms with Gasteiger partial charge in [0.25, 0.3) is 0 Å². The molecule has 1 unspecified atom stereocenters. The van der Waals surface area contributed by atoms with Gasteiger partial charge in [-0.3, -0.25) is 9.59 Å². The molecule has 0 heterocycles. The molecule has 0 aromatic heterocycles. The number of rotatable bonds is 27. The highest BCUT2D eigenvalue weighted by atomic mass is 16.5. The zero-order valence-electron chi connectivity index (χ0n) is 24.4. The van der Waals surface area contributed by atoms with Crippen molar-refractivity contribution in [3.8, 4) is 0 Å². The van der Waals surface area contributed by atoms with Crippen LogP contribution in [-0.4, -0.2) is 24.5 Å². The Kier molecular flexibility index (Phi) is 27.2. The van der Waals surface area contributed by atoms with Gasteiger partial charge in [-0.15, -0.1) is 0 Å². The first-order valence-corrected chi connectivity index (χ1v) is 15.7. The third-order valence-corrected chi connectivity index (χ3v) is 6.92. The van der Waals surface area contributed by atoms with E-state index in [9.17, 15) is 9.59 Å². The summed E-state index contributed by atoms with van der Waals surface area (Å²) in [5.41, 5.74) is 0. The summed E-state index contributed by atoms with van der Waals surface area (Å²) in [4.78, 5) is 23.6. The molecule has 4 nitrogen and oxygen atoms in total. The van der Waals surface area contributed by atoms with Crippen LogP contribution in [-0.2, 0) is 14.3 Å². The molecule has 1 amide bonds. The lowest BCUT2D eigenvalue weighted by Gasteiger charge is -2.18. The van der Waals surface area contributed by atoms with E-state index in [1.54, 1.807) is 0 Å². The summed E-state index contributed by atoms with van der Waals surface area (Å²) in [7, 11) is 0. The van der Waals surface area contributed by atoms with Crippen LogP contribution in [0.15, 0.2) is 12.2 Å². The highest BCUT2D eigenvalue weighted by Crippen LogP contribution is 2.12. The Morgan fingerprint density at radius 1 is 0.639 bits per heavy atom. The standard InChI is InChI=1S/C32H61NO3/c1-4-6-8-10-12-14-15-16-17-18-19-20-22-24-26-28-32(35)33-31(29-36-30(3)34)27-25-23-21-13-11-9-7-5-2/h16-17,31H,4-15,18-29H2,1-3H3,(H,33,35)/b17-16+. The molecule has 0 aliphatic carbocycles. The quantitative estimate of drug-likeness (QED) is 0.0684. The first-order chi connectivity index (χ1) is 17.6. The van der Waals surface area contributed by atoms with Crippen molar-refractivity contribution in [3.63, 3.8) is 0 Å². The second-order valence-corrected chi connectivity index (χ2v) is 10.7. The third kappa shape index (κ3) is 27.3. The Labute approximate surface area is 224 Å². The fourth-order valence-corrected chi connectivity index (χ4v) is 4.60. The lowest BCUT2D eigenvalue weighted by Crippen LogP contribution is -2.38. The number of esters is 1. The van der Waals surface area contributed by atoms with Gasteiger partial charge in [-0.05, 0) is 38.5 Å². The molecule has 36 heavy (non-hydrogen) atoms. The number of amides is 1. The van der Waals surface area contributed by atoms with Crippen LogP contribution < -0.4 is 5.32 Å². The molecular formula is C32H61NO3. The number of ether oxygens (including phenoxy) is 1. The minimum atomic E-state index is -0.276. The van der Waals surface area contributed by atoms with Crippen molar-refractivity contribution in [2.75, 3.05) is 6.61 Å². The summed E-state index contributed by atoms with van der Waals surface area (Å²) in [6.07, 6.45) is 32.7. The molecule has 0 bridgehead atoms. The van der Waals surface area contributed by atoms with Gasteiger partial charge in [0.05, 0.1) is 6.04 Å². The zero-order chi connectivity index (χ0) is 26.5. The van der Waals surface area contributed by atoms with Crippen molar-refractivity contribution in [3.05, 3.63) is 12.2 Å². The maximum Gasteiger partial charge on any atom is 0.302 e. The second kappa shape index (κ2) is 28.3. The van der Waals surface area contributed by atoms with E-state index < -0.39 is 0 Å². The van der Waals surface area contributed by atoms with Gasteiger partial charge >= 0.3 is 5.97 Å². The SMILES string of the molecule is CCCCCCCC/C=C/CCCCCCCC(=O)NC(CCCCCCCCCC)COC(C)=O. The largest absolute Gasteiger partial charge is 0.464 e. The number of nitrogens with one attached hydrogen (secondary N) is 1. The van der Waals surface area contributed by atoms with E-state index in [0.717, 1.165) is 25.7 Å². The van der Waals surface area contributed by atoms with Gasteiger partial charge in [0.2, 0.25) is 5.91 Å². The number of hydrogen-bond acceptors (Lipinski definition) is 3. The average molecular weight is 508 g/mol. The van der Waals surface area contributed by atoms with Gasteiger partial charge in [-0.2, -0.15) is 0 Å². The van der Waals surface area contributed by atoms with Crippen LogP contribution in [0.5, 0.6) is 0 Å². The van der Waals surface area contributed by atoms with Crippen LogP contribution in [0, 0.1) is 0 Å². The predicted molar refractivity (Wildman–Crippen MR) is 155 cm³/mol. The fourth-order valence-electron chi connectivity index (χ4n) is 4.60. The monoisotopic (exact) mass is 507 g/mol. The summed E-state index contributed by atoms with van der Waals surface area (Å²) < 4.78 is 5.20. The Hall–Kier alpha value is -1.32. The molecule has 0 radical (unpaired) electrons. The summed E-state index contributed by atoms with van der Waals surface area (Å²) in [5, 5.41) is 3.12. The third-order valence-electron chi connectivity index (χ3n) is 6.92. The van der Waals surface area contributed by atoms with Crippen molar-refractivity contribution in [2.24, 2.45) is 0 Å². The molecule has 4 heteroatoms. The van der Waals surface area contributed by atoms with Gasteiger partial charge < -0.3 is 10.1 Å². The molecule has 0 rings (SSSR count). The van der Waals surface area contributed by atoms with E-state index in [-0.39, 0.29) is 17.9 Å². The van der Waals surface area contributed by atoms with Crippen LogP contribution in [0.4, 0.5) is 0 Å². The van der Waals surface area contributed by atoms with Crippen LogP contribution >= 0.6 is 0 Å². The van der Waals surface area contributed by atoms with Gasteiger partial charge in [0, 0.05) is 13.3 Å². The van der Waals surface area contributed by atoms with Crippen LogP contribution in [0.2, 0.25) is 0 Å². The Bertz CT molecular complexity index is 518. The zero-order valence-corrected chi connectivity index (χ0v) is 24.4. The fraction of sp³-hybridized carbons (Fsp3) is 0.875. The molecule has 0 aromatic carbocycles. The molecular weight excluding hydrogens is 446 g/mol. The summed E-state index contributed by atoms with van der Waals surface area (Å²) in [5.74, 6) is -0.174. The lowest BCUT2D eigenvalue weighted by molar-refractivity contribution is -0.142. The van der Waals surface area contributed by atoms with Crippen LogP contribution in [0.1, 0.15) is 168 Å². The molecule has 0 saturated carbocycles. The second-order valence-electron chi connectivity index (χ2n) is 10.7. The minimum Gasteiger partial charge on any atom is -0.464 e. The van der Waals surface area contributed by atoms with E-state index >= 15 is 0 Å². The molecule has 0 aromatic rings. The smallest absolute Gasteiger partial charge is 0.302 e. The Balaban J connectivity index is 3.76. The molecule has 0 aliphatic rings. The maximum atomic E-state index is 12.4. The topological polar surface area (TPSA) is 55.4 Å². The Morgan fingerprint density at radius 3 is 1.58 bits per heavy atom. The average Bonchev–Trinajstić information content (AvgIpc) is 2.86. The molecule has 212 valence electrons. The van der Waals surface area contributed by atoms with E-state index in [1.807, 2.05) is 0 Å². The van der Waals surface area contributed by atoms with Crippen molar-refractivity contribution in [2.45, 2.75) is 174 Å². The summed E-state index contributed by atoms with van der Waals surface area (Å²) in [6.45, 7) is 6.24. The molecule has 0 spiro atoms. The molecule has 0 fully saturated rings. The number of carbonyl (C=O) groups excluding carboxylic acids is 2. The molecule has 1 atom stereocenters. The van der Waals surface area contributed by atoms with Gasteiger partial charge in [-0.1, -0.05) is 129 Å². The van der Waals surface area contributed by atoms with Gasteiger partial charge in [0.1, 0.15) is 6.61 Å². The highest BCUT2D eigenvalue weighted by molar-refractivity contribution is 5.76. The van der Waals surface area contributed by atoms with Crippen molar-refractivity contribution in [1.29, 1.82) is 0 Å². The number of hydrogen-bond donors (Lipinski definition) is 1. The number of carbonyl (C=O) groups is 2. The van der Waals surface area contributed by atoms with E-state index in [1.165, 1.54) is 122 Å². The van der Waals surface area contributed by atoms with Crippen molar-refractivity contribution in [1.82, 2.24) is 5.32 Å². The van der Waals surface area contributed by atoms with E-state index in [4.69, 9.17) is 4.74 Å². The normalized spacial score (nSPS) is 12.2. The predicted octanol–water partition coefficient (Wildman–Crippen LogP) is 9.60. The lowest BCUT2D eigenvalue weighted by atomic mass is 10.0. The van der Waals surface area contributed by atoms with Crippen LogP contribution in [0.3, 0.4) is 0 Å². The van der Waals surface area contributed by atoms with Crippen molar-refractivity contribution >= 4 is 11.9 Å². The van der Waals surface area contributed by atoms with Crippen LogP contribution in [0.25, 0.3) is 0 Å². The number of unbranched alkanes of at least 4 members (excludes halogenated alkanes) is 18. The Morgan fingerprint density at radius 2 is 1.08 bits per heavy atom. The van der Waals surface area contributed by atoms with E-state index in [2.05, 4.69) is 31.3 Å². The van der Waals surface area contributed by atoms with Gasteiger partial charge in [0.15, 0.2) is 0 Å².